The number of thioether (sulfide) groups is 1. The Morgan fingerprint density at radius 1 is 1.30 bits per heavy atom. The minimum absolute atomic E-state index is 0.00428. The highest BCUT2D eigenvalue weighted by Gasteiger charge is 2.27. The first kappa shape index (κ1) is 20.2. The molecule has 0 saturated carbocycles. The van der Waals surface area contributed by atoms with E-state index < -0.39 is 23.9 Å². The van der Waals surface area contributed by atoms with E-state index in [-0.39, 0.29) is 22.4 Å². The molecule has 1 amide bonds. The molecule has 0 bridgehead atoms. The van der Waals surface area contributed by atoms with Gasteiger partial charge in [0, 0.05) is 6.54 Å². The summed E-state index contributed by atoms with van der Waals surface area (Å²) in [5.74, 6) is 0. The molecule has 10 heteroatoms. The molecule has 0 spiro atoms. The molecule has 0 radical (unpaired) electrons. The highest BCUT2D eigenvalue weighted by atomic mass is 35.5. The summed E-state index contributed by atoms with van der Waals surface area (Å²) < 4.78 is 5.03. The van der Waals surface area contributed by atoms with Crippen LogP contribution in [0.3, 0.4) is 0 Å². The highest BCUT2D eigenvalue weighted by molar-refractivity contribution is 7.98. The first-order chi connectivity index (χ1) is 10.5. The number of halogens is 2. The molecule has 0 aliphatic heterocycles. The minimum atomic E-state index is -1.46. The lowest BCUT2D eigenvalue weighted by Crippen LogP contribution is -2.39. The molecular formula is C13H19Cl2N3O4S. The molecular weight excluding hydrogens is 365 g/mol. The van der Waals surface area contributed by atoms with E-state index in [0.717, 1.165) is 0 Å². The quantitative estimate of drug-likeness (QED) is 0.407. The van der Waals surface area contributed by atoms with Gasteiger partial charge in [-0.3, -0.25) is 0 Å². The molecule has 1 aromatic rings. The molecule has 0 aromatic carbocycles. The summed E-state index contributed by atoms with van der Waals surface area (Å²) in [6, 6.07) is 0. The molecule has 1 heterocycles. The number of aliphatic hydroxyl groups excluding tert-OH is 2. The van der Waals surface area contributed by atoms with Crippen LogP contribution in [0.2, 0.25) is 10.3 Å². The molecule has 23 heavy (non-hydrogen) atoms. The van der Waals surface area contributed by atoms with Crippen LogP contribution in [0.15, 0.2) is 5.16 Å². The van der Waals surface area contributed by atoms with Gasteiger partial charge in [-0.05, 0) is 27.0 Å². The lowest BCUT2D eigenvalue weighted by Gasteiger charge is -2.22. The summed E-state index contributed by atoms with van der Waals surface area (Å²) in [5.41, 5.74) is -0.661. The molecule has 0 aliphatic carbocycles. The third-order valence-electron chi connectivity index (χ3n) is 2.53. The number of carbonyl (C=O) groups excluding carboxylic acids is 1. The second kappa shape index (κ2) is 8.34. The van der Waals surface area contributed by atoms with Gasteiger partial charge >= 0.3 is 6.09 Å². The number of aliphatic hydroxyl groups is 2. The van der Waals surface area contributed by atoms with E-state index in [1.165, 1.54) is 11.8 Å². The van der Waals surface area contributed by atoms with Crippen molar-refractivity contribution < 1.29 is 19.7 Å². The smallest absolute Gasteiger partial charge is 0.407 e. The Bertz CT molecular complexity index is 546. The standard InChI is InChI=1S/C13H19Cl2N3O4S/c1-13(2,3)22-12(21)16-5-6(19)8(20)7-9(14)17-11(23-4)18-10(7)15/h6,8,19-20H,5H2,1-4H3,(H,16,21). The van der Waals surface area contributed by atoms with E-state index >= 15 is 0 Å². The summed E-state index contributed by atoms with van der Waals surface area (Å²) in [6.45, 7) is 4.87. The van der Waals surface area contributed by atoms with Gasteiger partial charge in [-0.2, -0.15) is 0 Å². The second-order valence-electron chi connectivity index (χ2n) is 5.60. The zero-order valence-electron chi connectivity index (χ0n) is 13.1. The number of nitrogens with one attached hydrogen (secondary N) is 1. The van der Waals surface area contributed by atoms with Crippen LogP contribution in [0.1, 0.15) is 32.4 Å². The van der Waals surface area contributed by atoms with Crippen molar-refractivity contribution in [1.29, 1.82) is 0 Å². The fourth-order valence-corrected chi connectivity index (χ4v) is 2.62. The van der Waals surface area contributed by atoms with E-state index in [9.17, 15) is 15.0 Å². The Morgan fingerprint density at radius 3 is 2.26 bits per heavy atom. The Labute approximate surface area is 148 Å². The number of carbonyl (C=O) groups is 1. The number of ether oxygens (including phenoxy) is 1. The summed E-state index contributed by atoms with van der Waals surface area (Å²) in [5, 5.41) is 22.7. The Balaban J connectivity index is 2.74. The second-order valence-corrected chi connectivity index (χ2v) is 7.09. The number of rotatable bonds is 5. The number of amides is 1. The lowest BCUT2D eigenvalue weighted by molar-refractivity contribution is 0.0126. The van der Waals surface area contributed by atoms with E-state index in [1.807, 2.05) is 0 Å². The largest absolute Gasteiger partial charge is 0.444 e. The van der Waals surface area contributed by atoms with Gasteiger partial charge in [-0.25, -0.2) is 14.8 Å². The van der Waals surface area contributed by atoms with Crippen molar-refractivity contribution in [3.63, 3.8) is 0 Å². The zero-order chi connectivity index (χ0) is 17.8. The Morgan fingerprint density at radius 2 is 1.83 bits per heavy atom. The van der Waals surface area contributed by atoms with Gasteiger partial charge in [-0.1, -0.05) is 35.0 Å². The van der Waals surface area contributed by atoms with Gasteiger partial charge in [0.15, 0.2) is 5.16 Å². The van der Waals surface area contributed by atoms with E-state index in [4.69, 9.17) is 27.9 Å². The Kier molecular flexibility index (Phi) is 7.34. The lowest BCUT2D eigenvalue weighted by atomic mass is 10.1. The average molecular weight is 384 g/mol. The van der Waals surface area contributed by atoms with E-state index in [0.29, 0.717) is 5.16 Å². The van der Waals surface area contributed by atoms with Crippen LogP contribution in [-0.2, 0) is 4.74 Å². The molecule has 2 unspecified atom stereocenters. The van der Waals surface area contributed by atoms with Crippen molar-refractivity contribution in [3.05, 3.63) is 15.9 Å². The first-order valence-electron chi connectivity index (χ1n) is 6.65. The average Bonchev–Trinajstić information content (AvgIpc) is 2.41. The van der Waals surface area contributed by atoms with Gasteiger partial charge < -0.3 is 20.3 Å². The number of aromatic nitrogens is 2. The molecule has 0 fully saturated rings. The fraction of sp³-hybridized carbons (Fsp3) is 0.615. The maximum Gasteiger partial charge on any atom is 0.407 e. The number of nitrogens with zero attached hydrogens (tertiary/aromatic N) is 2. The van der Waals surface area contributed by atoms with Crippen LogP contribution < -0.4 is 5.32 Å². The third-order valence-corrected chi connectivity index (χ3v) is 3.65. The van der Waals surface area contributed by atoms with Crippen molar-refractivity contribution in [3.8, 4) is 0 Å². The van der Waals surface area contributed by atoms with Crippen molar-refractivity contribution >= 4 is 41.1 Å². The van der Waals surface area contributed by atoms with Crippen LogP contribution in [0.25, 0.3) is 0 Å². The van der Waals surface area contributed by atoms with Crippen LogP contribution in [0.5, 0.6) is 0 Å². The van der Waals surface area contributed by atoms with Crippen LogP contribution >= 0.6 is 35.0 Å². The number of hydrogen-bond acceptors (Lipinski definition) is 7. The molecule has 2 atom stereocenters. The SMILES string of the molecule is CSc1nc(Cl)c(C(O)C(O)CNC(=O)OC(C)(C)C)c(Cl)n1. The van der Waals surface area contributed by atoms with Crippen molar-refractivity contribution in [2.75, 3.05) is 12.8 Å². The van der Waals surface area contributed by atoms with Gasteiger partial charge in [0.2, 0.25) is 0 Å². The molecule has 1 rings (SSSR count). The third kappa shape index (κ3) is 6.31. The summed E-state index contributed by atoms with van der Waals surface area (Å²) >= 11 is 13.2. The van der Waals surface area contributed by atoms with Crippen LogP contribution in [-0.4, -0.2) is 50.8 Å². The molecule has 1 aromatic heterocycles. The van der Waals surface area contributed by atoms with Crippen LogP contribution in [0.4, 0.5) is 4.79 Å². The van der Waals surface area contributed by atoms with Crippen molar-refractivity contribution in [1.82, 2.24) is 15.3 Å². The van der Waals surface area contributed by atoms with Gasteiger partial charge in [0.1, 0.15) is 28.1 Å². The Hall–Kier alpha value is -0.800. The normalized spacial score (nSPS) is 14.3. The predicted molar refractivity (Wildman–Crippen MR) is 89.0 cm³/mol. The fourth-order valence-electron chi connectivity index (χ4n) is 1.54. The molecule has 0 aliphatic rings. The molecule has 7 nitrogen and oxygen atoms in total. The van der Waals surface area contributed by atoms with E-state index in [2.05, 4.69) is 15.3 Å². The maximum atomic E-state index is 11.5. The number of hydrogen-bond donors (Lipinski definition) is 3. The zero-order valence-corrected chi connectivity index (χ0v) is 15.5. The highest BCUT2D eigenvalue weighted by Crippen LogP contribution is 2.31. The van der Waals surface area contributed by atoms with Gasteiger partial charge in [-0.15, -0.1) is 0 Å². The molecule has 0 saturated heterocycles. The topological polar surface area (TPSA) is 105 Å². The molecule has 3 N–H and O–H groups in total. The summed E-state index contributed by atoms with van der Waals surface area (Å²) in [6.07, 6.45) is -1.78. The summed E-state index contributed by atoms with van der Waals surface area (Å²) in [7, 11) is 0. The predicted octanol–water partition coefficient (Wildman–Crippen LogP) is 2.42. The number of alkyl carbamates (subject to hydrolysis) is 1. The monoisotopic (exact) mass is 383 g/mol. The van der Waals surface area contributed by atoms with E-state index in [1.54, 1.807) is 27.0 Å². The summed E-state index contributed by atoms with van der Waals surface area (Å²) in [4.78, 5) is 19.4. The first-order valence-corrected chi connectivity index (χ1v) is 8.63. The van der Waals surface area contributed by atoms with Crippen molar-refractivity contribution in [2.45, 2.75) is 43.7 Å². The van der Waals surface area contributed by atoms with Gasteiger partial charge in [0.05, 0.1) is 5.56 Å². The maximum absolute atomic E-state index is 11.5. The van der Waals surface area contributed by atoms with Gasteiger partial charge in [0.25, 0.3) is 0 Å². The molecule has 130 valence electrons. The van der Waals surface area contributed by atoms with Crippen LogP contribution in [0, 0.1) is 0 Å². The van der Waals surface area contributed by atoms with Crippen molar-refractivity contribution in [2.24, 2.45) is 0 Å². The minimum Gasteiger partial charge on any atom is -0.444 e.